The Morgan fingerprint density at radius 3 is 2.79 bits per heavy atom. The fraction of sp³-hybridized carbons (Fsp3) is 0.111. The first kappa shape index (κ1) is 9.69. The highest BCUT2D eigenvalue weighted by atomic mass is 79.9. The summed E-state index contributed by atoms with van der Waals surface area (Å²) in [6.07, 6.45) is 0. The third-order valence-corrected chi connectivity index (χ3v) is 3.59. The molecule has 5 heteroatoms. The van der Waals surface area contributed by atoms with Gasteiger partial charge in [-0.1, -0.05) is 31.9 Å². The lowest BCUT2D eigenvalue weighted by molar-refractivity contribution is -0.115. The molecule has 1 aliphatic rings. The Bertz CT molecular complexity index is 462. The molecule has 0 atom stereocenters. The van der Waals surface area contributed by atoms with Crippen LogP contribution in [0.1, 0.15) is 11.1 Å². The molecule has 1 aromatic rings. The van der Waals surface area contributed by atoms with Crippen LogP contribution in [0.3, 0.4) is 0 Å². The van der Waals surface area contributed by atoms with Crippen LogP contribution in [0.15, 0.2) is 18.2 Å². The highest BCUT2D eigenvalue weighted by Gasteiger charge is 2.42. The number of carbonyl (C=O) groups is 1. The molecule has 1 aliphatic heterocycles. The van der Waals surface area contributed by atoms with Gasteiger partial charge in [0.25, 0.3) is 5.91 Å². The zero-order valence-corrected chi connectivity index (χ0v) is 10.0. The van der Waals surface area contributed by atoms with Gasteiger partial charge in [0.1, 0.15) is 0 Å². The number of hydrogen-bond donors (Lipinski definition) is 1. The first-order valence-electron chi connectivity index (χ1n) is 3.79. The van der Waals surface area contributed by atoms with Crippen molar-refractivity contribution in [3.63, 3.8) is 0 Å². The van der Waals surface area contributed by atoms with Gasteiger partial charge in [-0.25, -0.2) is 0 Å². The summed E-state index contributed by atoms with van der Waals surface area (Å²) < 4.78 is -0.901. The van der Waals surface area contributed by atoms with Gasteiger partial charge in [-0.15, -0.1) is 0 Å². The van der Waals surface area contributed by atoms with E-state index in [1.807, 2.05) is 6.07 Å². The standard InChI is InChI=1S/C9H4Br2N2O/c10-9(11)6-3-5(4-12)1-2-7(6)13-8(9)14/h1-3H,(H,13,14). The van der Waals surface area contributed by atoms with Crippen molar-refractivity contribution < 1.29 is 4.79 Å². The predicted molar refractivity (Wildman–Crippen MR) is 59.3 cm³/mol. The van der Waals surface area contributed by atoms with E-state index in [-0.39, 0.29) is 5.91 Å². The largest absolute Gasteiger partial charge is 0.323 e. The van der Waals surface area contributed by atoms with Gasteiger partial charge in [0.05, 0.1) is 11.6 Å². The molecule has 0 radical (unpaired) electrons. The number of rotatable bonds is 0. The molecule has 0 spiro atoms. The Balaban J connectivity index is 2.64. The van der Waals surface area contributed by atoms with Crippen LogP contribution in [-0.4, -0.2) is 5.91 Å². The Labute approximate surface area is 97.4 Å². The van der Waals surface area contributed by atoms with Crippen LogP contribution < -0.4 is 5.32 Å². The lowest BCUT2D eigenvalue weighted by Crippen LogP contribution is -2.20. The first-order chi connectivity index (χ1) is 6.55. The number of nitrogens with one attached hydrogen (secondary N) is 1. The third-order valence-electron chi connectivity index (χ3n) is 2.02. The van der Waals surface area contributed by atoms with Crippen molar-refractivity contribution in [1.29, 1.82) is 5.26 Å². The molecule has 0 aliphatic carbocycles. The van der Waals surface area contributed by atoms with Crippen molar-refractivity contribution in [3.05, 3.63) is 29.3 Å². The Morgan fingerprint density at radius 1 is 1.43 bits per heavy atom. The number of anilines is 1. The second kappa shape index (κ2) is 3.07. The highest BCUT2D eigenvalue weighted by molar-refractivity contribution is 9.25. The Kier molecular flexibility index (Phi) is 2.13. The van der Waals surface area contributed by atoms with E-state index in [9.17, 15) is 4.79 Å². The monoisotopic (exact) mass is 314 g/mol. The summed E-state index contributed by atoms with van der Waals surface area (Å²) in [5.74, 6) is -0.178. The zero-order valence-electron chi connectivity index (χ0n) is 6.84. The average Bonchev–Trinajstić information content (AvgIpc) is 2.38. The summed E-state index contributed by atoms with van der Waals surface area (Å²) in [6, 6.07) is 7.09. The Morgan fingerprint density at radius 2 is 2.14 bits per heavy atom. The number of alkyl halides is 2. The first-order valence-corrected chi connectivity index (χ1v) is 5.38. The van der Waals surface area contributed by atoms with Crippen molar-refractivity contribution in [2.75, 3.05) is 5.32 Å². The van der Waals surface area contributed by atoms with E-state index in [0.29, 0.717) is 5.56 Å². The quantitative estimate of drug-likeness (QED) is 0.748. The molecular formula is C9H4Br2N2O. The van der Waals surface area contributed by atoms with Crippen LogP contribution >= 0.6 is 31.9 Å². The molecule has 1 amide bonds. The van der Waals surface area contributed by atoms with Gasteiger partial charge >= 0.3 is 0 Å². The van der Waals surface area contributed by atoms with Gasteiger partial charge in [-0.3, -0.25) is 4.79 Å². The molecule has 3 nitrogen and oxygen atoms in total. The summed E-state index contributed by atoms with van der Waals surface area (Å²) in [6.45, 7) is 0. The van der Waals surface area contributed by atoms with Crippen LogP contribution in [0.5, 0.6) is 0 Å². The zero-order chi connectivity index (χ0) is 10.3. The van der Waals surface area contributed by atoms with Crippen molar-refractivity contribution in [3.8, 4) is 6.07 Å². The fourth-order valence-electron chi connectivity index (χ4n) is 1.31. The molecule has 1 N–H and O–H groups in total. The molecule has 0 unspecified atom stereocenters. The molecule has 14 heavy (non-hydrogen) atoms. The minimum Gasteiger partial charge on any atom is -0.323 e. The van der Waals surface area contributed by atoms with Crippen molar-refractivity contribution >= 4 is 43.5 Å². The number of nitrogens with zero attached hydrogens (tertiary/aromatic N) is 1. The molecule has 1 heterocycles. The minimum atomic E-state index is -0.901. The number of halogens is 2. The number of nitriles is 1. The third kappa shape index (κ3) is 1.26. The van der Waals surface area contributed by atoms with Crippen LogP contribution in [0.25, 0.3) is 0 Å². The maximum absolute atomic E-state index is 11.5. The molecule has 0 saturated carbocycles. The van der Waals surface area contributed by atoms with Gasteiger partial charge in [0.15, 0.2) is 3.23 Å². The van der Waals surface area contributed by atoms with Gasteiger partial charge in [-0.2, -0.15) is 5.26 Å². The maximum Gasteiger partial charge on any atom is 0.256 e. The lowest BCUT2D eigenvalue weighted by atomic mass is 10.1. The number of hydrogen-bond acceptors (Lipinski definition) is 2. The summed E-state index contributed by atoms with van der Waals surface area (Å²) in [5, 5.41) is 11.4. The smallest absolute Gasteiger partial charge is 0.256 e. The minimum absolute atomic E-state index is 0.178. The number of benzene rings is 1. The topological polar surface area (TPSA) is 52.9 Å². The van der Waals surface area contributed by atoms with E-state index in [1.54, 1.807) is 18.2 Å². The predicted octanol–water partition coefficient (Wildman–Crippen LogP) is 2.45. The lowest BCUT2D eigenvalue weighted by Gasteiger charge is -2.09. The van der Waals surface area contributed by atoms with Crippen molar-refractivity contribution in [2.24, 2.45) is 0 Å². The molecule has 0 saturated heterocycles. The van der Waals surface area contributed by atoms with Crippen LogP contribution in [0, 0.1) is 11.3 Å². The van der Waals surface area contributed by atoms with Gasteiger partial charge in [0, 0.05) is 11.3 Å². The van der Waals surface area contributed by atoms with Crippen LogP contribution in [0.2, 0.25) is 0 Å². The second-order valence-corrected chi connectivity index (χ2v) is 6.34. The molecule has 1 aromatic carbocycles. The van der Waals surface area contributed by atoms with Gasteiger partial charge in [0.2, 0.25) is 0 Å². The summed E-state index contributed by atoms with van der Waals surface area (Å²) in [4.78, 5) is 11.5. The second-order valence-electron chi connectivity index (χ2n) is 2.90. The van der Waals surface area contributed by atoms with Crippen LogP contribution in [-0.2, 0) is 8.03 Å². The molecular weight excluding hydrogens is 312 g/mol. The number of amides is 1. The van der Waals surface area contributed by atoms with Crippen molar-refractivity contribution in [2.45, 2.75) is 3.23 Å². The number of carbonyl (C=O) groups excluding carboxylic acids is 1. The Hall–Kier alpha value is -0.860. The SMILES string of the molecule is N#Cc1ccc2c(c1)C(Br)(Br)C(=O)N2. The fourth-order valence-corrected chi connectivity index (χ4v) is 2.16. The molecule has 0 fully saturated rings. The van der Waals surface area contributed by atoms with E-state index in [2.05, 4.69) is 37.2 Å². The maximum atomic E-state index is 11.5. The normalized spacial score (nSPS) is 17.1. The summed E-state index contributed by atoms with van der Waals surface area (Å²) in [5.41, 5.74) is 1.99. The van der Waals surface area contributed by atoms with Gasteiger partial charge < -0.3 is 5.32 Å². The van der Waals surface area contributed by atoms with Crippen molar-refractivity contribution in [1.82, 2.24) is 0 Å². The van der Waals surface area contributed by atoms with E-state index in [4.69, 9.17) is 5.26 Å². The number of fused-ring (bicyclic) bond motifs is 1. The molecule has 2 rings (SSSR count). The molecule has 0 aromatic heterocycles. The van der Waals surface area contributed by atoms with Crippen LogP contribution in [0.4, 0.5) is 5.69 Å². The average molecular weight is 316 g/mol. The summed E-state index contributed by atoms with van der Waals surface area (Å²) in [7, 11) is 0. The highest BCUT2D eigenvalue weighted by Crippen LogP contribution is 2.47. The van der Waals surface area contributed by atoms with E-state index in [1.165, 1.54) is 0 Å². The van der Waals surface area contributed by atoms with E-state index < -0.39 is 3.23 Å². The summed E-state index contributed by atoms with van der Waals surface area (Å²) >= 11 is 6.53. The molecule has 70 valence electrons. The molecule has 0 bridgehead atoms. The van der Waals surface area contributed by atoms with Gasteiger partial charge in [-0.05, 0) is 18.2 Å². The van der Waals surface area contributed by atoms with E-state index in [0.717, 1.165) is 11.3 Å². The van der Waals surface area contributed by atoms with E-state index >= 15 is 0 Å².